The van der Waals surface area contributed by atoms with Crippen LogP contribution in [-0.4, -0.2) is 12.5 Å². The Kier molecular flexibility index (Phi) is 5.25. The predicted molar refractivity (Wildman–Crippen MR) is 86.9 cm³/mol. The summed E-state index contributed by atoms with van der Waals surface area (Å²) in [6.07, 6.45) is 4.61. The molecule has 0 heterocycles. The van der Waals surface area contributed by atoms with Crippen LogP contribution in [0.2, 0.25) is 0 Å². The van der Waals surface area contributed by atoms with Gasteiger partial charge in [0.1, 0.15) is 0 Å². The van der Waals surface area contributed by atoms with Gasteiger partial charge < -0.3 is 5.32 Å². The highest BCUT2D eigenvalue weighted by molar-refractivity contribution is 9.09. The van der Waals surface area contributed by atoms with Gasteiger partial charge in [0.05, 0.1) is 4.83 Å². The van der Waals surface area contributed by atoms with E-state index in [1.54, 1.807) is 0 Å². The lowest BCUT2D eigenvalue weighted by atomic mass is 9.68. The number of benzene rings is 1. The quantitative estimate of drug-likeness (QED) is 0.807. The maximum atomic E-state index is 12.4. The molecule has 3 heteroatoms. The first kappa shape index (κ1) is 15.6. The van der Waals surface area contributed by atoms with Crippen LogP contribution in [0.5, 0.6) is 0 Å². The average Bonchev–Trinajstić information content (AvgIpc) is 2.45. The average molecular weight is 338 g/mol. The van der Waals surface area contributed by atoms with Gasteiger partial charge in [-0.3, -0.25) is 4.79 Å². The molecule has 1 aromatic carbocycles. The van der Waals surface area contributed by atoms with Crippen LogP contribution in [0.25, 0.3) is 0 Å². The first-order valence-corrected chi connectivity index (χ1v) is 8.39. The molecule has 1 saturated carbocycles. The highest BCUT2D eigenvalue weighted by atomic mass is 79.9. The smallest absolute Gasteiger partial charge is 0.223 e. The normalized spacial score (nSPS) is 23.1. The van der Waals surface area contributed by atoms with E-state index in [4.69, 9.17) is 0 Å². The van der Waals surface area contributed by atoms with Gasteiger partial charge in [0.2, 0.25) is 5.91 Å². The largest absolute Gasteiger partial charge is 0.354 e. The van der Waals surface area contributed by atoms with E-state index in [-0.39, 0.29) is 22.1 Å². The molecule has 2 rings (SSSR count). The minimum atomic E-state index is 0.136. The van der Waals surface area contributed by atoms with Crippen molar-refractivity contribution in [1.82, 2.24) is 5.32 Å². The zero-order valence-electron chi connectivity index (χ0n) is 12.4. The fraction of sp³-hybridized carbons (Fsp3) is 0.588. The molecule has 1 amide bonds. The summed E-state index contributed by atoms with van der Waals surface area (Å²) in [5, 5.41) is 3.12. The van der Waals surface area contributed by atoms with Crippen LogP contribution in [0.15, 0.2) is 30.3 Å². The molecule has 0 radical (unpaired) electrons. The van der Waals surface area contributed by atoms with Crippen LogP contribution < -0.4 is 5.32 Å². The number of alkyl halides is 1. The van der Waals surface area contributed by atoms with E-state index in [0.29, 0.717) is 6.54 Å². The Morgan fingerprint density at radius 3 is 2.70 bits per heavy atom. The summed E-state index contributed by atoms with van der Waals surface area (Å²) in [6, 6.07) is 10.2. The van der Waals surface area contributed by atoms with Gasteiger partial charge in [-0.25, -0.2) is 0 Å². The van der Waals surface area contributed by atoms with Crippen LogP contribution >= 0.6 is 15.9 Å². The lowest BCUT2D eigenvalue weighted by molar-refractivity contribution is -0.130. The number of carbonyl (C=O) groups excluding carboxylic acids is 1. The van der Waals surface area contributed by atoms with Crippen LogP contribution in [0.4, 0.5) is 0 Å². The molecule has 1 aliphatic carbocycles. The van der Waals surface area contributed by atoms with Crippen molar-refractivity contribution in [2.24, 2.45) is 11.3 Å². The lowest BCUT2D eigenvalue weighted by Crippen LogP contribution is -2.41. The van der Waals surface area contributed by atoms with E-state index in [2.05, 4.69) is 47.2 Å². The fourth-order valence-corrected chi connectivity index (χ4v) is 3.54. The third-order valence-electron chi connectivity index (χ3n) is 4.44. The Morgan fingerprint density at radius 2 is 2.05 bits per heavy atom. The second kappa shape index (κ2) is 6.75. The van der Waals surface area contributed by atoms with E-state index >= 15 is 0 Å². The second-order valence-corrected chi connectivity index (χ2v) is 7.52. The van der Waals surface area contributed by atoms with Gasteiger partial charge in [0.25, 0.3) is 0 Å². The molecule has 1 aromatic rings. The molecule has 1 fully saturated rings. The molecule has 1 aliphatic rings. The Labute approximate surface area is 130 Å². The zero-order chi connectivity index (χ0) is 14.6. The molecule has 0 spiro atoms. The molecule has 0 saturated heterocycles. The topological polar surface area (TPSA) is 29.1 Å². The van der Waals surface area contributed by atoms with Gasteiger partial charge >= 0.3 is 0 Å². The molecule has 0 aliphatic heterocycles. The van der Waals surface area contributed by atoms with Crippen molar-refractivity contribution >= 4 is 21.8 Å². The molecule has 0 aromatic heterocycles. The summed E-state index contributed by atoms with van der Waals surface area (Å²) in [4.78, 5) is 12.6. The van der Waals surface area contributed by atoms with Crippen molar-refractivity contribution in [2.45, 2.75) is 44.4 Å². The van der Waals surface area contributed by atoms with E-state index in [9.17, 15) is 4.79 Å². The third-order valence-corrected chi connectivity index (χ3v) is 5.29. The Hall–Kier alpha value is -0.830. The molecular weight excluding hydrogens is 314 g/mol. The highest BCUT2D eigenvalue weighted by Crippen LogP contribution is 2.40. The summed E-state index contributed by atoms with van der Waals surface area (Å²) in [5.41, 5.74) is 1.34. The molecule has 2 atom stereocenters. The maximum absolute atomic E-state index is 12.4. The van der Waals surface area contributed by atoms with Crippen molar-refractivity contribution in [1.29, 1.82) is 0 Å². The Bertz CT molecular complexity index is 444. The molecule has 110 valence electrons. The van der Waals surface area contributed by atoms with Crippen molar-refractivity contribution in [3.05, 3.63) is 35.9 Å². The number of carbonyl (C=O) groups is 1. The summed E-state index contributed by atoms with van der Waals surface area (Å²) in [7, 11) is 0. The van der Waals surface area contributed by atoms with Crippen molar-refractivity contribution < 1.29 is 4.79 Å². The van der Waals surface area contributed by atoms with Gasteiger partial charge in [-0.05, 0) is 23.8 Å². The molecular formula is C17H24BrNO. The molecule has 20 heavy (non-hydrogen) atoms. The number of halogens is 1. The van der Waals surface area contributed by atoms with Gasteiger partial charge in [-0.15, -0.1) is 0 Å². The van der Waals surface area contributed by atoms with Gasteiger partial charge in [0.15, 0.2) is 0 Å². The van der Waals surface area contributed by atoms with Crippen molar-refractivity contribution in [3.63, 3.8) is 0 Å². The number of hydrogen-bond donors (Lipinski definition) is 1. The van der Waals surface area contributed by atoms with E-state index in [0.717, 1.165) is 12.8 Å². The minimum absolute atomic E-state index is 0.136. The highest BCUT2D eigenvalue weighted by Gasteiger charge is 2.36. The SMILES string of the molecule is CC1(C)CCCCC1C(=O)NCC(Br)c1ccccc1. The van der Waals surface area contributed by atoms with Crippen molar-refractivity contribution in [3.8, 4) is 0 Å². The van der Waals surface area contributed by atoms with Crippen LogP contribution in [0.3, 0.4) is 0 Å². The second-order valence-electron chi connectivity index (χ2n) is 6.41. The van der Waals surface area contributed by atoms with E-state index in [1.165, 1.54) is 18.4 Å². The van der Waals surface area contributed by atoms with Gasteiger partial charge in [0, 0.05) is 12.5 Å². The summed E-state index contributed by atoms with van der Waals surface area (Å²) in [6.45, 7) is 5.09. The number of amides is 1. The first-order valence-electron chi connectivity index (χ1n) is 7.47. The monoisotopic (exact) mass is 337 g/mol. The fourth-order valence-electron chi connectivity index (χ4n) is 3.07. The maximum Gasteiger partial charge on any atom is 0.223 e. The van der Waals surface area contributed by atoms with Crippen LogP contribution in [0, 0.1) is 11.3 Å². The van der Waals surface area contributed by atoms with E-state index < -0.39 is 0 Å². The molecule has 0 bridgehead atoms. The van der Waals surface area contributed by atoms with Gasteiger partial charge in [-0.1, -0.05) is 73.0 Å². The Balaban J connectivity index is 1.89. The first-order chi connectivity index (χ1) is 9.50. The minimum Gasteiger partial charge on any atom is -0.354 e. The predicted octanol–water partition coefficient (Wildman–Crippen LogP) is 4.46. The van der Waals surface area contributed by atoms with Gasteiger partial charge in [-0.2, -0.15) is 0 Å². The molecule has 1 N–H and O–H groups in total. The molecule has 2 nitrogen and oxygen atoms in total. The number of hydrogen-bond acceptors (Lipinski definition) is 1. The summed E-state index contributed by atoms with van der Waals surface area (Å²) in [5.74, 6) is 0.377. The number of rotatable bonds is 4. The zero-order valence-corrected chi connectivity index (χ0v) is 13.9. The third kappa shape index (κ3) is 3.85. The molecule has 2 unspecified atom stereocenters. The standard InChI is InChI=1S/C17H24BrNO/c1-17(2)11-7-6-10-14(17)16(20)19-12-15(18)13-8-4-3-5-9-13/h3-5,8-9,14-15H,6-7,10-12H2,1-2H3,(H,19,20). The number of nitrogens with one attached hydrogen (secondary N) is 1. The van der Waals surface area contributed by atoms with Crippen molar-refractivity contribution in [2.75, 3.05) is 6.54 Å². The lowest BCUT2D eigenvalue weighted by Gasteiger charge is -2.37. The van der Waals surface area contributed by atoms with Crippen LogP contribution in [0.1, 0.15) is 49.9 Å². The van der Waals surface area contributed by atoms with E-state index in [1.807, 2.05) is 18.2 Å². The summed E-state index contributed by atoms with van der Waals surface area (Å²) >= 11 is 3.65. The Morgan fingerprint density at radius 1 is 1.35 bits per heavy atom. The van der Waals surface area contributed by atoms with Crippen LogP contribution in [-0.2, 0) is 4.79 Å². The summed E-state index contributed by atoms with van der Waals surface area (Å²) < 4.78 is 0.